The van der Waals surface area contributed by atoms with Gasteiger partial charge in [-0.05, 0) is 17.4 Å². The zero-order valence-electron chi connectivity index (χ0n) is 7.84. The normalized spacial score (nSPS) is 31.9. The molecule has 2 atom stereocenters. The van der Waals surface area contributed by atoms with E-state index in [4.69, 9.17) is 20.9 Å². The van der Waals surface area contributed by atoms with Crippen molar-refractivity contribution < 1.29 is 9.05 Å². The summed E-state index contributed by atoms with van der Waals surface area (Å²) >= 11 is 5.20. The lowest BCUT2D eigenvalue weighted by atomic mass is 10.1. The van der Waals surface area contributed by atoms with E-state index in [1.165, 1.54) is 5.56 Å². The van der Waals surface area contributed by atoms with Crippen molar-refractivity contribution in [3.8, 4) is 0 Å². The molecular formula is C9H12NO2PS. The molecule has 3 nitrogen and oxygen atoms in total. The molecule has 1 aliphatic rings. The highest BCUT2D eigenvalue weighted by Crippen LogP contribution is 2.51. The van der Waals surface area contributed by atoms with Crippen LogP contribution in [-0.2, 0) is 20.9 Å². The van der Waals surface area contributed by atoms with Crippen LogP contribution in [0.25, 0.3) is 0 Å². The Hall–Kier alpha value is -0.250. The molecule has 0 amide bonds. The Morgan fingerprint density at radius 1 is 1.50 bits per heavy atom. The lowest BCUT2D eigenvalue weighted by Crippen LogP contribution is -2.12. The second-order valence-corrected chi connectivity index (χ2v) is 6.39. The van der Waals surface area contributed by atoms with Crippen molar-refractivity contribution in [1.29, 1.82) is 0 Å². The van der Waals surface area contributed by atoms with Crippen molar-refractivity contribution in [2.75, 3.05) is 13.7 Å². The zero-order valence-corrected chi connectivity index (χ0v) is 9.55. The van der Waals surface area contributed by atoms with Gasteiger partial charge < -0.3 is 9.05 Å². The maximum absolute atomic E-state index is 5.45. The van der Waals surface area contributed by atoms with Crippen molar-refractivity contribution in [2.45, 2.75) is 6.04 Å². The van der Waals surface area contributed by atoms with E-state index in [0.29, 0.717) is 6.61 Å². The molecule has 0 aromatic heterocycles. The molecule has 0 bridgehead atoms. The molecule has 5 heteroatoms. The summed E-state index contributed by atoms with van der Waals surface area (Å²) in [7, 11) is 1.58. The van der Waals surface area contributed by atoms with Crippen molar-refractivity contribution in [1.82, 2.24) is 5.09 Å². The quantitative estimate of drug-likeness (QED) is 0.788. The number of benzene rings is 1. The van der Waals surface area contributed by atoms with Gasteiger partial charge in [-0.3, -0.25) is 0 Å². The third kappa shape index (κ3) is 2.05. The molecule has 14 heavy (non-hydrogen) atoms. The first-order valence-corrected chi connectivity index (χ1v) is 7.00. The van der Waals surface area contributed by atoms with Gasteiger partial charge in [-0.25, -0.2) is 5.09 Å². The summed E-state index contributed by atoms with van der Waals surface area (Å²) in [5.74, 6) is 0. The van der Waals surface area contributed by atoms with Gasteiger partial charge in [-0.1, -0.05) is 30.3 Å². The largest absolute Gasteiger partial charge is 0.321 e. The number of hydrogen-bond acceptors (Lipinski definition) is 3. The van der Waals surface area contributed by atoms with Gasteiger partial charge in [0.25, 0.3) is 6.64 Å². The van der Waals surface area contributed by atoms with E-state index >= 15 is 0 Å². The zero-order chi connectivity index (χ0) is 10.0. The lowest BCUT2D eigenvalue weighted by molar-refractivity contribution is 0.306. The minimum Gasteiger partial charge on any atom is -0.321 e. The van der Waals surface area contributed by atoms with Gasteiger partial charge in [-0.2, -0.15) is 0 Å². The highest BCUT2D eigenvalue weighted by molar-refractivity contribution is 8.09. The fourth-order valence-corrected chi connectivity index (χ4v) is 3.20. The Bertz CT molecular complexity index is 357. The molecule has 2 rings (SSSR count). The van der Waals surface area contributed by atoms with Crippen molar-refractivity contribution in [3.63, 3.8) is 0 Å². The third-order valence-corrected chi connectivity index (χ3v) is 4.84. The van der Waals surface area contributed by atoms with Crippen LogP contribution in [0, 0.1) is 0 Å². The van der Waals surface area contributed by atoms with Crippen LogP contribution < -0.4 is 5.09 Å². The minimum atomic E-state index is -2.19. The van der Waals surface area contributed by atoms with Gasteiger partial charge in [0, 0.05) is 7.11 Å². The van der Waals surface area contributed by atoms with Gasteiger partial charge in [0.15, 0.2) is 0 Å². The van der Waals surface area contributed by atoms with Crippen LogP contribution in [0.15, 0.2) is 30.3 Å². The molecule has 1 saturated heterocycles. The molecule has 1 aliphatic heterocycles. The van der Waals surface area contributed by atoms with Crippen LogP contribution >= 0.6 is 6.64 Å². The predicted octanol–water partition coefficient (Wildman–Crippen LogP) is 2.22. The number of rotatable bonds is 2. The Kier molecular flexibility index (Phi) is 3.00. The fourth-order valence-electron chi connectivity index (χ4n) is 1.40. The monoisotopic (exact) mass is 229 g/mol. The SMILES string of the molecule is COP1(=S)N[C@H](c2ccccc2)CO1. The third-order valence-electron chi connectivity index (χ3n) is 2.17. The molecule has 0 saturated carbocycles. The van der Waals surface area contributed by atoms with Gasteiger partial charge >= 0.3 is 0 Å². The van der Waals surface area contributed by atoms with Crippen LogP contribution in [-0.4, -0.2) is 13.7 Å². The van der Waals surface area contributed by atoms with E-state index in [-0.39, 0.29) is 6.04 Å². The molecule has 0 spiro atoms. The second kappa shape index (κ2) is 4.09. The molecule has 0 aliphatic carbocycles. The van der Waals surface area contributed by atoms with Crippen LogP contribution in [0.3, 0.4) is 0 Å². The van der Waals surface area contributed by atoms with Crippen LogP contribution in [0.4, 0.5) is 0 Å². The Balaban J connectivity index is 2.14. The molecule has 1 aromatic carbocycles. The Morgan fingerprint density at radius 3 is 2.79 bits per heavy atom. The van der Waals surface area contributed by atoms with Crippen LogP contribution in [0.5, 0.6) is 0 Å². The maximum atomic E-state index is 5.45. The lowest BCUT2D eigenvalue weighted by Gasteiger charge is -2.13. The number of hydrogen-bond donors (Lipinski definition) is 1. The standard InChI is InChI=1S/C9H12NO2PS/c1-11-13(14)10-9(7-12-13)8-5-3-2-4-6-8/h2-6,9H,7H2,1H3,(H,10,14)/t9-,13?/m0/s1. The van der Waals surface area contributed by atoms with Crippen LogP contribution in [0.1, 0.15) is 11.6 Å². The molecule has 1 aromatic rings. The summed E-state index contributed by atoms with van der Waals surface area (Å²) in [6.07, 6.45) is 0. The predicted molar refractivity (Wildman–Crippen MR) is 59.6 cm³/mol. The Morgan fingerprint density at radius 2 is 2.21 bits per heavy atom. The first-order valence-electron chi connectivity index (χ1n) is 4.36. The second-order valence-electron chi connectivity index (χ2n) is 3.07. The van der Waals surface area contributed by atoms with Crippen LogP contribution in [0.2, 0.25) is 0 Å². The topological polar surface area (TPSA) is 30.5 Å². The van der Waals surface area contributed by atoms with Gasteiger partial charge in [0.2, 0.25) is 0 Å². The summed E-state index contributed by atoms with van der Waals surface area (Å²) < 4.78 is 10.6. The van der Waals surface area contributed by atoms with Gasteiger partial charge in [-0.15, -0.1) is 0 Å². The smallest absolute Gasteiger partial charge is 0.261 e. The van der Waals surface area contributed by atoms with Gasteiger partial charge in [0.1, 0.15) is 0 Å². The average molecular weight is 229 g/mol. The van der Waals surface area contributed by atoms with E-state index in [9.17, 15) is 0 Å². The molecule has 0 radical (unpaired) electrons. The highest BCUT2D eigenvalue weighted by Gasteiger charge is 2.31. The van der Waals surface area contributed by atoms with Crippen molar-refractivity contribution >= 4 is 18.4 Å². The molecular weight excluding hydrogens is 217 g/mol. The van der Waals surface area contributed by atoms with E-state index in [2.05, 4.69) is 17.2 Å². The van der Waals surface area contributed by atoms with E-state index in [1.54, 1.807) is 7.11 Å². The molecule has 76 valence electrons. The number of nitrogens with one attached hydrogen (secondary N) is 1. The van der Waals surface area contributed by atoms with E-state index in [0.717, 1.165) is 0 Å². The summed E-state index contributed by atoms with van der Waals surface area (Å²) in [6, 6.07) is 10.3. The maximum Gasteiger partial charge on any atom is 0.261 e. The fraction of sp³-hybridized carbons (Fsp3) is 0.333. The summed E-state index contributed by atoms with van der Waals surface area (Å²) in [5, 5.41) is 3.21. The average Bonchev–Trinajstić information content (AvgIpc) is 2.63. The Labute approximate surface area is 88.6 Å². The van der Waals surface area contributed by atoms with E-state index in [1.807, 2.05) is 18.2 Å². The van der Waals surface area contributed by atoms with Crippen molar-refractivity contribution in [3.05, 3.63) is 35.9 Å². The molecule has 1 fully saturated rings. The van der Waals surface area contributed by atoms with Crippen molar-refractivity contribution in [2.24, 2.45) is 0 Å². The van der Waals surface area contributed by atoms with Gasteiger partial charge in [0.05, 0.1) is 12.6 Å². The molecule has 1 N–H and O–H groups in total. The first-order chi connectivity index (χ1) is 6.73. The first kappa shape index (κ1) is 10.3. The molecule has 1 heterocycles. The highest BCUT2D eigenvalue weighted by atomic mass is 32.5. The van der Waals surface area contributed by atoms with E-state index < -0.39 is 6.64 Å². The summed E-state index contributed by atoms with van der Waals surface area (Å²) in [4.78, 5) is 0. The minimum absolute atomic E-state index is 0.169. The summed E-state index contributed by atoms with van der Waals surface area (Å²) in [6.45, 7) is -1.60. The summed E-state index contributed by atoms with van der Waals surface area (Å²) in [5.41, 5.74) is 1.19. The molecule has 1 unspecified atom stereocenters.